The van der Waals surface area contributed by atoms with Crippen LogP contribution in [0.1, 0.15) is 77.0 Å². The maximum absolute atomic E-state index is 14.0. The van der Waals surface area contributed by atoms with Gasteiger partial charge in [-0.3, -0.25) is 14.4 Å². The van der Waals surface area contributed by atoms with Gasteiger partial charge in [0.2, 0.25) is 17.7 Å². The molecule has 5 atom stereocenters. The summed E-state index contributed by atoms with van der Waals surface area (Å²) in [6.07, 6.45) is 7.95. The first kappa shape index (κ1) is 34.9. The highest BCUT2D eigenvalue weighted by Crippen LogP contribution is 2.31. The number of H-pyrrole nitrogens is 1. The third-order valence-electron chi connectivity index (χ3n) is 8.84. The molecule has 0 radical (unpaired) electrons. The Labute approximate surface area is 271 Å². The second-order valence-electron chi connectivity index (χ2n) is 13.7. The highest BCUT2D eigenvalue weighted by atomic mass is 16.6. The summed E-state index contributed by atoms with van der Waals surface area (Å²) in [4.78, 5) is 62.1. The first-order valence-corrected chi connectivity index (χ1v) is 16.4. The molecule has 2 aromatic rings. The standard InChI is InChI=1S/C34H50N6O6/c1-34(2,3)46-33(45)39-27(18-23-13-9-6-10-14-23)30(42)38-28(19-24-20-35-21-36-24)31(43)37-26(17-22-11-7-5-8-12-22)29(41)25-15-16-40(4)32(25)44/h6,9-10,13-14,20-22,25-29,41H,5,7-8,11-12,15-19H2,1-4H3,(H,35,36)(H,37,43)(H,38,42)(H,39,45)/t25-,26+,27-,28-,29-/m0/s1. The fraction of sp³-hybridized carbons (Fsp3) is 0.618. The molecule has 1 aromatic carbocycles. The molecule has 2 fully saturated rings. The molecule has 0 bridgehead atoms. The summed E-state index contributed by atoms with van der Waals surface area (Å²) >= 11 is 0. The molecule has 252 valence electrons. The van der Waals surface area contributed by atoms with E-state index in [-0.39, 0.29) is 18.7 Å². The van der Waals surface area contributed by atoms with Crippen molar-refractivity contribution in [3.63, 3.8) is 0 Å². The van der Waals surface area contributed by atoms with E-state index in [1.807, 2.05) is 30.3 Å². The zero-order chi connectivity index (χ0) is 33.3. The van der Waals surface area contributed by atoms with Gasteiger partial charge in [-0.05, 0) is 45.1 Å². The van der Waals surface area contributed by atoms with E-state index >= 15 is 0 Å². The lowest BCUT2D eigenvalue weighted by molar-refractivity contribution is -0.135. The molecule has 1 aliphatic carbocycles. The predicted octanol–water partition coefficient (Wildman–Crippen LogP) is 2.87. The molecule has 4 amide bonds. The topological polar surface area (TPSA) is 166 Å². The van der Waals surface area contributed by atoms with Crippen LogP contribution in [0.25, 0.3) is 0 Å². The van der Waals surface area contributed by atoms with Gasteiger partial charge in [0.25, 0.3) is 0 Å². The number of aliphatic hydroxyl groups excluding tert-OH is 1. The molecule has 1 saturated heterocycles. The summed E-state index contributed by atoms with van der Waals surface area (Å²) in [5.74, 6) is -1.47. The molecule has 46 heavy (non-hydrogen) atoms. The first-order chi connectivity index (χ1) is 21.9. The van der Waals surface area contributed by atoms with Crippen LogP contribution >= 0.6 is 0 Å². The SMILES string of the molecule is CN1CC[C@@H]([C@H](O)[C@@H](CC2CCCCC2)NC(=O)[C@H](Cc2cnc[nH]2)NC(=O)[C@H](Cc2ccccc2)NC(=O)OC(C)(C)C)C1=O. The number of hydrogen-bond acceptors (Lipinski definition) is 7. The zero-order valence-electron chi connectivity index (χ0n) is 27.5. The molecule has 2 aliphatic rings. The zero-order valence-corrected chi connectivity index (χ0v) is 27.5. The molecular formula is C34H50N6O6. The molecule has 12 heteroatoms. The van der Waals surface area contributed by atoms with Crippen molar-refractivity contribution in [2.45, 2.75) is 108 Å². The van der Waals surface area contributed by atoms with Gasteiger partial charge in [-0.1, -0.05) is 62.4 Å². The quantitative estimate of drug-likeness (QED) is 0.225. The highest BCUT2D eigenvalue weighted by Gasteiger charge is 2.41. The molecule has 4 rings (SSSR count). The van der Waals surface area contributed by atoms with Crippen LogP contribution in [0.5, 0.6) is 0 Å². The van der Waals surface area contributed by atoms with E-state index in [2.05, 4.69) is 25.9 Å². The van der Waals surface area contributed by atoms with Gasteiger partial charge in [0.1, 0.15) is 17.7 Å². The number of aliphatic hydroxyl groups is 1. The van der Waals surface area contributed by atoms with Crippen LogP contribution in [0.2, 0.25) is 0 Å². The van der Waals surface area contributed by atoms with Gasteiger partial charge in [0.15, 0.2) is 0 Å². The monoisotopic (exact) mass is 638 g/mol. The number of nitrogens with one attached hydrogen (secondary N) is 4. The average Bonchev–Trinajstić information content (AvgIpc) is 3.65. The van der Waals surface area contributed by atoms with E-state index < -0.39 is 53.7 Å². The van der Waals surface area contributed by atoms with Gasteiger partial charge < -0.3 is 35.7 Å². The van der Waals surface area contributed by atoms with E-state index in [4.69, 9.17) is 4.74 Å². The number of aromatic amines is 1. The molecule has 1 aromatic heterocycles. The molecule has 12 nitrogen and oxygen atoms in total. The lowest BCUT2D eigenvalue weighted by atomic mass is 9.81. The van der Waals surface area contributed by atoms with Crippen molar-refractivity contribution in [2.75, 3.05) is 13.6 Å². The minimum Gasteiger partial charge on any atom is -0.444 e. The summed E-state index contributed by atoms with van der Waals surface area (Å²) in [7, 11) is 1.72. The minimum atomic E-state index is -1.06. The van der Waals surface area contributed by atoms with Crippen LogP contribution in [0.4, 0.5) is 4.79 Å². The normalized spacial score (nSPS) is 20.0. The molecule has 1 saturated carbocycles. The number of likely N-dealkylation sites (tertiary alicyclic amines) is 1. The van der Waals surface area contributed by atoms with Crippen LogP contribution in [-0.4, -0.2) is 87.2 Å². The number of aromatic nitrogens is 2. The number of benzene rings is 1. The smallest absolute Gasteiger partial charge is 0.408 e. The summed E-state index contributed by atoms with van der Waals surface area (Å²) in [5, 5.41) is 20.1. The van der Waals surface area contributed by atoms with Crippen LogP contribution in [0, 0.1) is 11.8 Å². The van der Waals surface area contributed by atoms with E-state index in [0.717, 1.165) is 31.2 Å². The fourth-order valence-corrected chi connectivity index (χ4v) is 6.40. The number of nitrogens with zero attached hydrogens (tertiary/aromatic N) is 2. The number of rotatable bonds is 13. The van der Waals surface area contributed by atoms with E-state index in [1.165, 1.54) is 12.7 Å². The number of amides is 4. The van der Waals surface area contributed by atoms with Gasteiger partial charge in [0.05, 0.1) is 24.4 Å². The fourth-order valence-electron chi connectivity index (χ4n) is 6.40. The van der Waals surface area contributed by atoms with Crippen LogP contribution < -0.4 is 16.0 Å². The van der Waals surface area contributed by atoms with Crippen molar-refractivity contribution in [1.82, 2.24) is 30.8 Å². The lowest BCUT2D eigenvalue weighted by Gasteiger charge is -2.33. The minimum absolute atomic E-state index is 0.0966. The predicted molar refractivity (Wildman–Crippen MR) is 172 cm³/mol. The molecule has 5 N–H and O–H groups in total. The summed E-state index contributed by atoms with van der Waals surface area (Å²) in [6, 6.07) is 6.49. The number of imidazole rings is 1. The van der Waals surface area contributed by atoms with Crippen molar-refractivity contribution >= 4 is 23.8 Å². The molecule has 0 spiro atoms. The lowest BCUT2D eigenvalue weighted by Crippen LogP contribution is -2.58. The molecule has 1 aliphatic heterocycles. The van der Waals surface area contributed by atoms with Gasteiger partial charge in [0, 0.05) is 38.3 Å². The third-order valence-corrected chi connectivity index (χ3v) is 8.84. The Kier molecular flexibility index (Phi) is 12.2. The van der Waals surface area contributed by atoms with E-state index in [9.17, 15) is 24.3 Å². The van der Waals surface area contributed by atoms with E-state index in [1.54, 1.807) is 38.9 Å². The van der Waals surface area contributed by atoms with E-state index in [0.29, 0.717) is 31.0 Å². The Morgan fingerprint density at radius 2 is 1.67 bits per heavy atom. The van der Waals surface area contributed by atoms with Crippen molar-refractivity contribution in [3.05, 3.63) is 54.1 Å². The van der Waals surface area contributed by atoms with Crippen molar-refractivity contribution in [2.24, 2.45) is 11.8 Å². The van der Waals surface area contributed by atoms with Crippen LogP contribution in [-0.2, 0) is 32.0 Å². The summed E-state index contributed by atoms with van der Waals surface area (Å²) < 4.78 is 5.43. The largest absolute Gasteiger partial charge is 0.444 e. The maximum Gasteiger partial charge on any atom is 0.408 e. The number of hydrogen-bond donors (Lipinski definition) is 5. The Hall–Kier alpha value is -3.93. The number of ether oxygens (including phenoxy) is 1. The summed E-state index contributed by atoms with van der Waals surface area (Å²) in [6.45, 7) is 5.76. The van der Waals surface area contributed by atoms with Crippen molar-refractivity contribution < 1.29 is 29.0 Å². The van der Waals surface area contributed by atoms with Crippen LogP contribution in [0.3, 0.4) is 0 Å². The number of carbonyl (C=O) groups is 4. The van der Waals surface area contributed by atoms with Gasteiger partial charge in [-0.25, -0.2) is 9.78 Å². The number of alkyl carbamates (subject to hydrolysis) is 1. The molecular weight excluding hydrogens is 588 g/mol. The molecule has 2 heterocycles. The average molecular weight is 639 g/mol. The first-order valence-electron chi connectivity index (χ1n) is 16.4. The summed E-state index contributed by atoms with van der Waals surface area (Å²) in [5.41, 5.74) is 0.664. The highest BCUT2D eigenvalue weighted by molar-refractivity contribution is 5.92. The van der Waals surface area contributed by atoms with Crippen molar-refractivity contribution in [1.29, 1.82) is 0 Å². The number of carbonyl (C=O) groups excluding carboxylic acids is 4. The van der Waals surface area contributed by atoms with Gasteiger partial charge in [-0.2, -0.15) is 0 Å². The second kappa shape index (κ2) is 16.1. The Bertz CT molecular complexity index is 1290. The maximum atomic E-state index is 14.0. The van der Waals surface area contributed by atoms with Crippen molar-refractivity contribution in [3.8, 4) is 0 Å². The van der Waals surface area contributed by atoms with Gasteiger partial charge in [-0.15, -0.1) is 0 Å². The Balaban J connectivity index is 1.55. The Morgan fingerprint density at radius 3 is 2.28 bits per heavy atom. The molecule has 0 unspecified atom stereocenters. The second-order valence-corrected chi connectivity index (χ2v) is 13.7. The third kappa shape index (κ3) is 10.3. The van der Waals surface area contributed by atoms with Crippen LogP contribution in [0.15, 0.2) is 42.9 Å². The van der Waals surface area contributed by atoms with Gasteiger partial charge >= 0.3 is 6.09 Å². The Morgan fingerprint density at radius 1 is 1.00 bits per heavy atom.